The van der Waals surface area contributed by atoms with Gasteiger partial charge in [-0.2, -0.15) is 0 Å². The third-order valence-electron chi connectivity index (χ3n) is 2.04. The summed E-state index contributed by atoms with van der Waals surface area (Å²) < 4.78 is 4.76. The Balaban J connectivity index is 0.00000289. The SMILES string of the molecule is C=C(C)/C(C)=C/c1cnc(NC(=O)OCC)s1.[HH]. The monoisotopic (exact) mass is 254 g/mol. The number of ether oxygens (including phenoxy) is 1. The Morgan fingerprint density at radius 2 is 2.41 bits per heavy atom. The second-order valence-electron chi connectivity index (χ2n) is 3.52. The Bertz CT molecular complexity index is 455. The van der Waals surface area contributed by atoms with E-state index in [4.69, 9.17) is 4.74 Å². The minimum absolute atomic E-state index is 0. The number of hydrogen-bond donors (Lipinski definition) is 1. The van der Waals surface area contributed by atoms with Gasteiger partial charge in [0.1, 0.15) is 0 Å². The zero-order valence-corrected chi connectivity index (χ0v) is 11.1. The maximum absolute atomic E-state index is 11.2. The number of anilines is 1. The molecule has 17 heavy (non-hydrogen) atoms. The number of aromatic nitrogens is 1. The number of rotatable bonds is 4. The summed E-state index contributed by atoms with van der Waals surface area (Å²) in [6.07, 6.45) is 3.21. The van der Waals surface area contributed by atoms with Crippen molar-refractivity contribution in [3.05, 3.63) is 28.8 Å². The maximum Gasteiger partial charge on any atom is 0.413 e. The summed E-state index contributed by atoms with van der Waals surface area (Å²) in [5.74, 6) is 0. The second kappa shape index (κ2) is 6.20. The highest BCUT2D eigenvalue weighted by Crippen LogP contribution is 2.22. The van der Waals surface area contributed by atoms with E-state index in [1.807, 2.05) is 19.9 Å². The number of thiazole rings is 1. The zero-order chi connectivity index (χ0) is 12.8. The fourth-order valence-corrected chi connectivity index (χ4v) is 1.81. The summed E-state index contributed by atoms with van der Waals surface area (Å²) in [5, 5.41) is 3.09. The van der Waals surface area contributed by atoms with Gasteiger partial charge in [-0.15, -0.1) is 0 Å². The van der Waals surface area contributed by atoms with Crippen molar-refractivity contribution < 1.29 is 11.0 Å². The van der Waals surface area contributed by atoms with Gasteiger partial charge < -0.3 is 4.74 Å². The quantitative estimate of drug-likeness (QED) is 0.828. The normalized spacial score (nSPS) is 11.1. The van der Waals surface area contributed by atoms with Crippen molar-refractivity contribution in [2.75, 3.05) is 11.9 Å². The fraction of sp³-hybridized carbons (Fsp3) is 0.333. The number of carbonyl (C=O) groups excluding carboxylic acids is 1. The van der Waals surface area contributed by atoms with Gasteiger partial charge >= 0.3 is 6.09 Å². The van der Waals surface area contributed by atoms with Crippen molar-refractivity contribution >= 4 is 28.6 Å². The van der Waals surface area contributed by atoms with Crippen LogP contribution in [0.15, 0.2) is 23.9 Å². The third kappa shape index (κ3) is 4.40. The van der Waals surface area contributed by atoms with Gasteiger partial charge in [0.15, 0.2) is 5.13 Å². The topological polar surface area (TPSA) is 51.2 Å². The average Bonchev–Trinajstić information content (AvgIpc) is 2.65. The Labute approximate surface area is 107 Å². The first kappa shape index (κ1) is 13.4. The van der Waals surface area contributed by atoms with Gasteiger partial charge in [0.2, 0.25) is 0 Å². The van der Waals surface area contributed by atoms with Crippen LogP contribution in [-0.4, -0.2) is 17.7 Å². The van der Waals surface area contributed by atoms with E-state index in [2.05, 4.69) is 16.9 Å². The highest BCUT2D eigenvalue weighted by molar-refractivity contribution is 7.16. The Kier molecular flexibility index (Phi) is 4.90. The van der Waals surface area contributed by atoms with Crippen molar-refractivity contribution in [3.63, 3.8) is 0 Å². The predicted octanol–water partition coefficient (Wildman–Crippen LogP) is 3.94. The molecule has 1 N–H and O–H groups in total. The summed E-state index contributed by atoms with van der Waals surface area (Å²) in [5.41, 5.74) is 2.11. The van der Waals surface area contributed by atoms with Gasteiger partial charge in [0.05, 0.1) is 6.61 Å². The molecule has 4 nitrogen and oxygen atoms in total. The Hall–Kier alpha value is -1.62. The highest BCUT2D eigenvalue weighted by Gasteiger charge is 2.05. The molecule has 94 valence electrons. The van der Waals surface area contributed by atoms with Crippen LogP contribution in [0.2, 0.25) is 0 Å². The molecule has 0 unspecified atom stereocenters. The average molecular weight is 254 g/mol. The molecule has 0 aromatic carbocycles. The van der Waals surface area contributed by atoms with Crippen LogP contribution in [0.5, 0.6) is 0 Å². The third-order valence-corrected chi connectivity index (χ3v) is 2.90. The Morgan fingerprint density at radius 1 is 1.71 bits per heavy atom. The smallest absolute Gasteiger partial charge is 0.413 e. The van der Waals surface area contributed by atoms with Crippen LogP contribution in [0, 0.1) is 0 Å². The molecule has 0 saturated carbocycles. The Morgan fingerprint density at radius 3 is 3.00 bits per heavy atom. The number of amides is 1. The zero-order valence-electron chi connectivity index (χ0n) is 10.2. The molecule has 0 fully saturated rings. The van der Waals surface area contributed by atoms with Crippen molar-refractivity contribution in [2.45, 2.75) is 20.8 Å². The number of nitrogens with one attached hydrogen (secondary N) is 1. The number of allylic oxidation sites excluding steroid dienone is 2. The molecule has 0 bridgehead atoms. The molecule has 1 aromatic rings. The van der Waals surface area contributed by atoms with E-state index >= 15 is 0 Å². The van der Waals surface area contributed by atoms with Crippen LogP contribution in [0.4, 0.5) is 9.93 Å². The van der Waals surface area contributed by atoms with Gasteiger partial charge in [-0.1, -0.05) is 23.5 Å². The molecule has 0 aliphatic carbocycles. The maximum atomic E-state index is 11.2. The molecule has 0 radical (unpaired) electrons. The van der Waals surface area contributed by atoms with Crippen LogP contribution in [0.25, 0.3) is 6.08 Å². The fourth-order valence-electron chi connectivity index (χ4n) is 1.00. The van der Waals surface area contributed by atoms with Gasteiger partial charge in [0, 0.05) is 12.5 Å². The van der Waals surface area contributed by atoms with E-state index in [1.165, 1.54) is 11.3 Å². The van der Waals surface area contributed by atoms with E-state index in [-0.39, 0.29) is 1.43 Å². The van der Waals surface area contributed by atoms with Crippen LogP contribution in [-0.2, 0) is 4.74 Å². The molecular weight excluding hydrogens is 236 g/mol. The molecule has 1 amide bonds. The number of hydrogen-bond acceptors (Lipinski definition) is 4. The lowest BCUT2D eigenvalue weighted by Gasteiger charge is -2.00. The summed E-state index contributed by atoms with van der Waals surface area (Å²) in [7, 11) is 0. The molecule has 1 aromatic heterocycles. The molecular formula is C12H18N2O2S. The lowest BCUT2D eigenvalue weighted by atomic mass is 10.1. The first-order valence-electron chi connectivity index (χ1n) is 5.26. The molecule has 1 heterocycles. The van der Waals surface area contributed by atoms with E-state index in [0.717, 1.165) is 16.0 Å². The molecule has 0 aliphatic rings. The van der Waals surface area contributed by atoms with E-state index in [1.54, 1.807) is 13.1 Å². The minimum Gasteiger partial charge on any atom is -0.450 e. The first-order valence-corrected chi connectivity index (χ1v) is 6.08. The molecule has 5 heteroatoms. The van der Waals surface area contributed by atoms with Crippen molar-refractivity contribution in [2.24, 2.45) is 0 Å². The van der Waals surface area contributed by atoms with E-state index in [9.17, 15) is 4.79 Å². The molecule has 0 aliphatic heterocycles. The standard InChI is InChI=1S/C12H16N2O2S.H2/c1-5-16-12(15)14-11-13-7-10(17-11)6-9(4)8(2)3;/h6-7H,2,5H2,1,3-4H3,(H,13,14,15);1H/b9-6+;. The minimum atomic E-state index is -0.478. The van der Waals surface area contributed by atoms with Gasteiger partial charge in [0.25, 0.3) is 0 Å². The van der Waals surface area contributed by atoms with Gasteiger partial charge in [-0.3, -0.25) is 5.32 Å². The largest absolute Gasteiger partial charge is 0.450 e. The van der Waals surface area contributed by atoms with Gasteiger partial charge in [-0.25, -0.2) is 9.78 Å². The van der Waals surface area contributed by atoms with E-state index in [0.29, 0.717) is 11.7 Å². The van der Waals surface area contributed by atoms with Crippen molar-refractivity contribution in [3.8, 4) is 0 Å². The highest BCUT2D eigenvalue weighted by atomic mass is 32.1. The number of nitrogens with zero attached hydrogens (tertiary/aromatic N) is 1. The van der Waals surface area contributed by atoms with Crippen LogP contribution >= 0.6 is 11.3 Å². The molecule has 0 spiro atoms. The van der Waals surface area contributed by atoms with Crippen molar-refractivity contribution in [1.29, 1.82) is 0 Å². The van der Waals surface area contributed by atoms with E-state index < -0.39 is 6.09 Å². The predicted molar refractivity (Wildman–Crippen MR) is 73.3 cm³/mol. The van der Waals surface area contributed by atoms with Crippen molar-refractivity contribution in [1.82, 2.24) is 4.98 Å². The molecule has 1 rings (SSSR count). The number of carbonyl (C=O) groups is 1. The van der Waals surface area contributed by atoms with Crippen LogP contribution in [0.3, 0.4) is 0 Å². The summed E-state index contributed by atoms with van der Waals surface area (Å²) in [6, 6.07) is 0. The summed E-state index contributed by atoms with van der Waals surface area (Å²) >= 11 is 1.39. The first-order chi connectivity index (χ1) is 8.02. The lowest BCUT2D eigenvalue weighted by Crippen LogP contribution is -2.12. The second-order valence-corrected chi connectivity index (χ2v) is 4.58. The summed E-state index contributed by atoms with van der Waals surface area (Å²) in [6.45, 7) is 9.89. The van der Waals surface area contributed by atoms with Crippen LogP contribution in [0.1, 0.15) is 27.1 Å². The van der Waals surface area contributed by atoms with Gasteiger partial charge in [-0.05, 0) is 32.4 Å². The molecule has 0 saturated heterocycles. The molecule has 0 atom stereocenters. The summed E-state index contributed by atoms with van der Waals surface area (Å²) in [4.78, 5) is 16.2. The van der Waals surface area contributed by atoms with Crippen LogP contribution < -0.4 is 5.32 Å². The lowest BCUT2D eigenvalue weighted by molar-refractivity contribution is 0.168.